The number of carbonyl (C=O) groups is 1. The second kappa shape index (κ2) is 6.04. The molecular weight excluding hydrogens is 295 g/mol. The van der Waals surface area contributed by atoms with Crippen LogP contribution in [0.2, 0.25) is 0 Å². The molecule has 0 atom stereocenters. The summed E-state index contributed by atoms with van der Waals surface area (Å²) in [5.41, 5.74) is 1.59. The summed E-state index contributed by atoms with van der Waals surface area (Å²) < 4.78 is 13.2. The number of nitrogens with one attached hydrogen (secondary N) is 2. The average Bonchev–Trinajstić information content (AvgIpc) is 2.55. The summed E-state index contributed by atoms with van der Waals surface area (Å²) in [4.78, 5) is 26.9. The molecule has 0 fully saturated rings. The molecule has 116 valence electrons. The van der Waals surface area contributed by atoms with E-state index in [9.17, 15) is 14.0 Å². The van der Waals surface area contributed by atoms with Gasteiger partial charge in [-0.3, -0.25) is 9.59 Å². The van der Waals surface area contributed by atoms with Crippen molar-refractivity contribution < 1.29 is 9.18 Å². The monoisotopic (exact) mass is 310 g/mol. The zero-order chi connectivity index (χ0) is 16.4. The molecule has 3 rings (SSSR count). The van der Waals surface area contributed by atoms with Crippen LogP contribution < -0.4 is 10.9 Å². The molecule has 0 spiro atoms. The molecule has 0 saturated carbocycles. The van der Waals surface area contributed by atoms with Gasteiger partial charge in [0.15, 0.2) is 0 Å². The van der Waals surface area contributed by atoms with E-state index in [4.69, 9.17) is 0 Å². The number of carbonyl (C=O) groups excluding carboxylic acids is 1. The van der Waals surface area contributed by atoms with Gasteiger partial charge in [-0.1, -0.05) is 30.3 Å². The van der Waals surface area contributed by atoms with Crippen LogP contribution in [0.4, 0.5) is 4.39 Å². The number of aryl methyl sites for hydroxylation is 1. The number of hydrogen-bond donors (Lipinski definition) is 2. The summed E-state index contributed by atoms with van der Waals surface area (Å²) in [5, 5.41) is 3.47. The van der Waals surface area contributed by atoms with Crippen molar-refractivity contribution in [3.8, 4) is 0 Å². The van der Waals surface area contributed by atoms with Gasteiger partial charge in [0.25, 0.3) is 11.5 Å². The van der Waals surface area contributed by atoms with Crippen LogP contribution >= 0.6 is 0 Å². The fourth-order valence-corrected chi connectivity index (χ4v) is 2.41. The van der Waals surface area contributed by atoms with Gasteiger partial charge in [0.05, 0.1) is 0 Å². The Morgan fingerprint density at radius 3 is 2.74 bits per heavy atom. The van der Waals surface area contributed by atoms with Crippen molar-refractivity contribution in [2.24, 2.45) is 0 Å². The fraction of sp³-hybridized carbons (Fsp3) is 0.111. The number of benzene rings is 2. The van der Waals surface area contributed by atoms with Crippen LogP contribution in [0.25, 0.3) is 10.9 Å². The van der Waals surface area contributed by atoms with Crippen molar-refractivity contribution in [3.05, 3.63) is 81.4 Å². The average molecular weight is 310 g/mol. The first-order valence-corrected chi connectivity index (χ1v) is 7.20. The molecule has 0 bridgehead atoms. The number of rotatable bonds is 3. The van der Waals surface area contributed by atoms with Crippen molar-refractivity contribution in [2.45, 2.75) is 13.5 Å². The predicted octanol–water partition coefficient (Wildman–Crippen LogP) is 2.91. The van der Waals surface area contributed by atoms with Gasteiger partial charge in [0.2, 0.25) is 0 Å². The van der Waals surface area contributed by atoms with Crippen molar-refractivity contribution in [3.63, 3.8) is 0 Å². The van der Waals surface area contributed by atoms with Crippen LogP contribution in [-0.4, -0.2) is 10.9 Å². The molecule has 0 aliphatic rings. The van der Waals surface area contributed by atoms with Crippen LogP contribution in [-0.2, 0) is 6.54 Å². The summed E-state index contributed by atoms with van der Waals surface area (Å²) in [6.45, 7) is 1.89. The Balaban J connectivity index is 1.81. The summed E-state index contributed by atoms with van der Waals surface area (Å²) in [5.74, 6) is -0.745. The van der Waals surface area contributed by atoms with Gasteiger partial charge in [-0.2, -0.15) is 0 Å². The minimum Gasteiger partial charge on any atom is -0.348 e. The number of fused-ring (bicyclic) bond motifs is 1. The van der Waals surface area contributed by atoms with Crippen LogP contribution in [0, 0.1) is 12.7 Å². The number of aromatic nitrogens is 1. The third-order valence-electron chi connectivity index (χ3n) is 3.67. The minimum absolute atomic E-state index is 0.0579. The highest BCUT2D eigenvalue weighted by Gasteiger charge is 2.11. The van der Waals surface area contributed by atoms with Gasteiger partial charge < -0.3 is 10.3 Å². The fourth-order valence-electron chi connectivity index (χ4n) is 2.41. The lowest BCUT2D eigenvalue weighted by Crippen LogP contribution is -2.29. The minimum atomic E-state index is -0.459. The summed E-state index contributed by atoms with van der Waals surface area (Å²) in [6.07, 6.45) is 0. The number of H-pyrrole nitrogens is 1. The van der Waals surface area contributed by atoms with Gasteiger partial charge in [-0.25, -0.2) is 4.39 Å². The molecule has 0 saturated heterocycles. The number of halogens is 1. The SMILES string of the molecule is Cc1cc(CNC(=O)c2cc3ccccc3[nH]c2=O)ccc1F. The van der Waals surface area contributed by atoms with E-state index in [2.05, 4.69) is 10.3 Å². The molecule has 2 N–H and O–H groups in total. The quantitative estimate of drug-likeness (QED) is 0.781. The Kier molecular flexibility index (Phi) is 3.93. The molecule has 1 aromatic heterocycles. The van der Waals surface area contributed by atoms with Crippen LogP contribution in [0.1, 0.15) is 21.5 Å². The lowest BCUT2D eigenvalue weighted by atomic mass is 10.1. The Labute approximate surface area is 132 Å². The first-order valence-electron chi connectivity index (χ1n) is 7.20. The zero-order valence-corrected chi connectivity index (χ0v) is 12.5. The molecule has 0 unspecified atom stereocenters. The highest BCUT2D eigenvalue weighted by molar-refractivity contribution is 5.97. The lowest BCUT2D eigenvalue weighted by molar-refractivity contribution is 0.0949. The standard InChI is InChI=1S/C18H15FN2O2/c1-11-8-12(6-7-15(11)19)10-20-17(22)14-9-13-4-2-3-5-16(13)21-18(14)23/h2-9H,10H2,1H3,(H,20,22)(H,21,23). The number of hydrogen-bond acceptors (Lipinski definition) is 2. The molecule has 3 aromatic rings. The van der Waals surface area contributed by atoms with Crippen LogP contribution in [0.3, 0.4) is 0 Å². The van der Waals surface area contributed by atoms with Crippen LogP contribution in [0.15, 0.2) is 53.3 Å². The molecule has 0 aliphatic heterocycles. The largest absolute Gasteiger partial charge is 0.348 e. The smallest absolute Gasteiger partial charge is 0.261 e. The van der Waals surface area contributed by atoms with E-state index in [0.29, 0.717) is 11.1 Å². The summed E-state index contributed by atoms with van der Waals surface area (Å²) in [7, 11) is 0. The van der Waals surface area contributed by atoms with Gasteiger partial charge >= 0.3 is 0 Å². The molecule has 5 heteroatoms. The molecule has 1 heterocycles. The van der Waals surface area contributed by atoms with Gasteiger partial charge in [0, 0.05) is 12.1 Å². The molecule has 2 aromatic carbocycles. The maximum atomic E-state index is 13.2. The molecule has 1 amide bonds. The molecule has 4 nitrogen and oxygen atoms in total. The zero-order valence-electron chi connectivity index (χ0n) is 12.5. The number of aromatic amines is 1. The molecule has 23 heavy (non-hydrogen) atoms. The number of amides is 1. The van der Waals surface area contributed by atoms with Gasteiger partial charge in [-0.15, -0.1) is 0 Å². The van der Waals surface area contributed by atoms with E-state index in [0.717, 1.165) is 10.9 Å². The van der Waals surface area contributed by atoms with E-state index >= 15 is 0 Å². The van der Waals surface area contributed by atoms with E-state index in [1.165, 1.54) is 6.07 Å². The van der Waals surface area contributed by atoms with Crippen LogP contribution in [0.5, 0.6) is 0 Å². The third-order valence-corrected chi connectivity index (χ3v) is 3.67. The number of para-hydroxylation sites is 1. The maximum absolute atomic E-state index is 13.2. The first kappa shape index (κ1) is 15.0. The van der Waals surface area contributed by atoms with Gasteiger partial charge in [-0.05, 0) is 41.6 Å². The molecule has 0 aliphatic carbocycles. The Morgan fingerprint density at radius 2 is 1.96 bits per heavy atom. The topological polar surface area (TPSA) is 62.0 Å². The maximum Gasteiger partial charge on any atom is 0.261 e. The normalized spacial score (nSPS) is 10.7. The van der Waals surface area contributed by atoms with E-state index < -0.39 is 11.5 Å². The molecule has 0 radical (unpaired) electrons. The third kappa shape index (κ3) is 3.13. The second-order valence-electron chi connectivity index (χ2n) is 5.37. The van der Waals surface area contributed by atoms with E-state index in [-0.39, 0.29) is 17.9 Å². The highest BCUT2D eigenvalue weighted by Crippen LogP contribution is 2.11. The molecular formula is C18H15FN2O2. The first-order chi connectivity index (χ1) is 11.0. The lowest BCUT2D eigenvalue weighted by Gasteiger charge is -2.07. The Morgan fingerprint density at radius 1 is 1.17 bits per heavy atom. The van der Waals surface area contributed by atoms with Crippen molar-refractivity contribution in [2.75, 3.05) is 0 Å². The van der Waals surface area contributed by atoms with E-state index in [1.807, 2.05) is 18.2 Å². The second-order valence-corrected chi connectivity index (χ2v) is 5.37. The highest BCUT2D eigenvalue weighted by atomic mass is 19.1. The Hall–Kier alpha value is -2.95. The summed E-state index contributed by atoms with van der Waals surface area (Å²) in [6, 6.07) is 13.5. The van der Waals surface area contributed by atoms with Crippen molar-refractivity contribution in [1.82, 2.24) is 10.3 Å². The Bertz CT molecular complexity index is 947. The predicted molar refractivity (Wildman–Crippen MR) is 86.9 cm³/mol. The number of pyridine rings is 1. The van der Waals surface area contributed by atoms with Gasteiger partial charge in [0.1, 0.15) is 11.4 Å². The van der Waals surface area contributed by atoms with E-state index in [1.54, 1.807) is 31.2 Å². The summed E-state index contributed by atoms with van der Waals surface area (Å²) >= 11 is 0. The van der Waals surface area contributed by atoms with Crippen molar-refractivity contribution >= 4 is 16.8 Å². The van der Waals surface area contributed by atoms with Crippen molar-refractivity contribution in [1.29, 1.82) is 0 Å².